The Morgan fingerprint density at radius 2 is 1.67 bits per heavy atom. The molecule has 0 unspecified atom stereocenters. The minimum atomic E-state index is 0.725. The third kappa shape index (κ3) is 2.87. The number of hydrogen-bond acceptors (Lipinski definition) is 6. The van der Waals surface area contributed by atoms with E-state index in [4.69, 9.17) is 9.72 Å². The molecule has 3 heterocycles. The van der Waals surface area contributed by atoms with Crippen molar-refractivity contribution in [1.29, 1.82) is 0 Å². The van der Waals surface area contributed by atoms with Gasteiger partial charge in [-0.1, -0.05) is 0 Å². The molecule has 0 bridgehead atoms. The third-order valence-corrected chi connectivity index (χ3v) is 5.69. The molecule has 0 spiro atoms. The van der Waals surface area contributed by atoms with Crippen molar-refractivity contribution in [2.24, 2.45) is 0 Å². The quantitative estimate of drug-likeness (QED) is 0.711. The molecule has 1 fully saturated rings. The van der Waals surface area contributed by atoms with E-state index in [0.29, 0.717) is 0 Å². The van der Waals surface area contributed by atoms with Gasteiger partial charge in [-0.15, -0.1) is 0 Å². The zero-order valence-corrected chi connectivity index (χ0v) is 15.6. The van der Waals surface area contributed by atoms with Gasteiger partial charge in [-0.2, -0.15) is 14.6 Å². The highest BCUT2D eigenvalue weighted by atomic mass is 16.5. The number of aromatic nitrogens is 4. The summed E-state index contributed by atoms with van der Waals surface area (Å²) in [5.41, 5.74) is 3.84. The fraction of sp³-hybridized carbons (Fsp3) is 0.450. The first-order valence-corrected chi connectivity index (χ1v) is 9.69. The highest BCUT2D eigenvalue weighted by Gasteiger charge is 2.26. The predicted octanol–water partition coefficient (Wildman–Crippen LogP) is 2.34. The number of benzene rings is 1. The predicted molar refractivity (Wildman–Crippen MR) is 105 cm³/mol. The summed E-state index contributed by atoms with van der Waals surface area (Å²) in [5.74, 6) is 2.83. The van der Waals surface area contributed by atoms with Crippen LogP contribution in [0.1, 0.15) is 24.1 Å². The Morgan fingerprint density at radius 1 is 0.926 bits per heavy atom. The van der Waals surface area contributed by atoms with Gasteiger partial charge in [0, 0.05) is 37.4 Å². The highest BCUT2D eigenvalue weighted by Crippen LogP contribution is 2.31. The maximum atomic E-state index is 5.27. The lowest BCUT2D eigenvalue weighted by atomic mass is 9.96. The zero-order chi connectivity index (χ0) is 18.2. The standard InChI is InChI=1S/C20H24N6O/c1-27-16-8-6-15(7-9-16)24-10-12-25(13-11-24)19-17-4-2-3-5-18(17)23-20-21-14-22-26(19)20/h6-9,14H,2-5,10-13H2,1H3. The van der Waals surface area contributed by atoms with E-state index in [2.05, 4.69) is 32.0 Å². The molecule has 1 saturated heterocycles. The van der Waals surface area contributed by atoms with Gasteiger partial charge in [0.2, 0.25) is 0 Å². The van der Waals surface area contributed by atoms with E-state index in [9.17, 15) is 0 Å². The maximum absolute atomic E-state index is 5.27. The summed E-state index contributed by atoms with van der Waals surface area (Å²) in [6.07, 6.45) is 6.21. The van der Waals surface area contributed by atoms with Gasteiger partial charge in [0.25, 0.3) is 5.78 Å². The largest absolute Gasteiger partial charge is 0.497 e. The monoisotopic (exact) mass is 364 g/mol. The van der Waals surface area contributed by atoms with Gasteiger partial charge in [0.15, 0.2) is 0 Å². The van der Waals surface area contributed by atoms with Crippen molar-refractivity contribution in [2.75, 3.05) is 43.1 Å². The van der Waals surface area contributed by atoms with Crippen molar-refractivity contribution in [3.8, 4) is 5.75 Å². The Hall–Kier alpha value is -2.83. The molecular formula is C20H24N6O. The topological polar surface area (TPSA) is 58.8 Å². The molecule has 2 aliphatic rings. The smallest absolute Gasteiger partial charge is 0.254 e. The Kier molecular flexibility index (Phi) is 4.07. The molecule has 0 atom stereocenters. The first-order chi connectivity index (χ1) is 13.3. The number of piperazine rings is 1. The van der Waals surface area contributed by atoms with Crippen molar-refractivity contribution >= 4 is 17.3 Å². The van der Waals surface area contributed by atoms with Gasteiger partial charge in [-0.05, 0) is 49.9 Å². The van der Waals surface area contributed by atoms with Gasteiger partial charge < -0.3 is 14.5 Å². The second-order valence-electron chi connectivity index (χ2n) is 7.21. The molecule has 1 aliphatic carbocycles. The van der Waals surface area contributed by atoms with E-state index < -0.39 is 0 Å². The van der Waals surface area contributed by atoms with E-state index in [-0.39, 0.29) is 0 Å². The molecule has 0 radical (unpaired) electrons. The van der Waals surface area contributed by atoms with E-state index in [1.165, 1.54) is 35.6 Å². The van der Waals surface area contributed by atoms with Crippen molar-refractivity contribution in [3.63, 3.8) is 0 Å². The van der Waals surface area contributed by atoms with Gasteiger partial charge in [-0.25, -0.2) is 4.98 Å². The van der Waals surface area contributed by atoms with E-state index >= 15 is 0 Å². The number of aryl methyl sites for hydroxylation is 1. The summed E-state index contributed by atoms with van der Waals surface area (Å²) in [6.45, 7) is 3.91. The first-order valence-electron chi connectivity index (χ1n) is 9.69. The minimum absolute atomic E-state index is 0.725. The van der Waals surface area contributed by atoms with Crippen LogP contribution in [-0.2, 0) is 12.8 Å². The van der Waals surface area contributed by atoms with Gasteiger partial charge >= 0.3 is 0 Å². The molecule has 2 aromatic heterocycles. The van der Waals surface area contributed by atoms with Gasteiger partial charge in [0.05, 0.1) is 12.8 Å². The summed E-state index contributed by atoms with van der Waals surface area (Å²) in [5, 5.41) is 4.47. The summed E-state index contributed by atoms with van der Waals surface area (Å²) < 4.78 is 7.21. The molecule has 27 heavy (non-hydrogen) atoms. The van der Waals surface area contributed by atoms with E-state index in [1.54, 1.807) is 13.4 Å². The van der Waals surface area contributed by atoms with Crippen LogP contribution in [0.2, 0.25) is 0 Å². The Labute approximate surface area is 158 Å². The number of anilines is 2. The Bertz CT molecular complexity index is 943. The van der Waals surface area contributed by atoms with Crippen LogP contribution in [0.3, 0.4) is 0 Å². The summed E-state index contributed by atoms with van der Waals surface area (Å²) in [7, 11) is 1.70. The summed E-state index contributed by atoms with van der Waals surface area (Å²) in [4.78, 5) is 14.0. The molecular weight excluding hydrogens is 340 g/mol. The molecule has 0 N–H and O–H groups in total. The molecule has 0 amide bonds. The number of rotatable bonds is 3. The average Bonchev–Trinajstić information content (AvgIpc) is 3.20. The molecule has 1 aromatic carbocycles. The highest BCUT2D eigenvalue weighted by molar-refractivity contribution is 5.57. The van der Waals surface area contributed by atoms with Crippen LogP contribution in [-0.4, -0.2) is 52.9 Å². The van der Waals surface area contributed by atoms with Crippen molar-refractivity contribution < 1.29 is 4.74 Å². The Morgan fingerprint density at radius 3 is 2.44 bits per heavy atom. The van der Waals surface area contributed by atoms with E-state index in [0.717, 1.165) is 50.5 Å². The van der Waals surface area contributed by atoms with Crippen molar-refractivity contribution in [1.82, 2.24) is 19.6 Å². The molecule has 0 saturated carbocycles. The lowest BCUT2D eigenvalue weighted by Crippen LogP contribution is -2.47. The molecule has 3 aromatic rings. The number of nitrogens with zero attached hydrogens (tertiary/aromatic N) is 6. The fourth-order valence-electron chi connectivity index (χ4n) is 4.26. The average molecular weight is 364 g/mol. The van der Waals surface area contributed by atoms with Crippen LogP contribution in [0.5, 0.6) is 5.75 Å². The number of hydrogen-bond donors (Lipinski definition) is 0. The minimum Gasteiger partial charge on any atom is -0.497 e. The normalized spacial score (nSPS) is 17.2. The van der Waals surface area contributed by atoms with E-state index in [1.807, 2.05) is 16.6 Å². The molecule has 7 heteroatoms. The Balaban J connectivity index is 1.41. The van der Waals surface area contributed by atoms with Crippen LogP contribution in [0.15, 0.2) is 30.6 Å². The molecule has 5 rings (SSSR count). The van der Waals surface area contributed by atoms with Crippen LogP contribution >= 0.6 is 0 Å². The number of ether oxygens (including phenoxy) is 1. The first kappa shape index (κ1) is 16.4. The zero-order valence-electron chi connectivity index (χ0n) is 15.6. The van der Waals surface area contributed by atoms with Crippen LogP contribution in [0, 0.1) is 0 Å². The second-order valence-corrected chi connectivity index (χ2v) is 7.21. The fourth-order valence-corrected chi connectivity index (χ4v) is 4.26. The molecule has 1 aliphatic heterocycles. The maximum Gasteiger partial charge on any atom is 0.254 e. The number of methoxy groups -OCH3 is 1. The van der Waals surface area contributed by atoms with Crippen molar-refractivity contribution in [3.05, 3.63) is 41.9 Å². The molecule has 7 nitrogen and oxygen atoms in total. The SMILES string of the molecule is COc1ccc(N2CCN(c3c4c(nc5ncnn35)CCCC4)CC2)cc1. The third-order valence-electron chi connectivity index (χ3n) is 5.69. The van der Waals surface area contributed by atoms with Crippen LogP contribution < -0.4 is 14.5 Å². The molecule has 140 valence electrons. The lowest BCUT2D eigenvalue weighted by molar-refractivity contribution is 0.415. The van der Waals surface area contributed by atoms with Crippen LogP contribution in [0.4, 0.5) is 11.5 Å². The van der Waals surface area contributed by atoms with Gasteiger partial charge in [0.1, 0.15) is 17.9 Å². The number of fused-ring (bicyclic) bond motifs is 2. The summed E-state index contributed by atoms with van der Waals surface area (Å²) in [6, 6.07) is 8.33. The lowest BCUT2D eigenvalue weighted by Gasteiger charge is -2.38. The second kappa shape index (κ2) is 6.72. The van der Waals surface area contributed by atoms with Gasteiger partial charge in [-0.3, -0.25) is 0 Å². The van der Waals surface area contributed by atoms with Crippen molar-refractivity contribution in [2.45, 2.75) is 25.7 Å². The summed E-state index contributed by atoms with van der Waals surface area (Å²) >= 11 is 0. The van der Waals surface area contributed by atoms with Crippen LogP contribution in [0.25, 0.3) is 5.78 Å².